The molecule has 0 aliphatic heterocycles. The number of rotatable bonds is 4. The highest BCUT2D eigenvalue weighted by molar-refractivity contribution is 6.33. The second-order valence-electron chi connectivity index (χ2n) is 5.35. The molecule has 0 atom stereocenters. The summed E-state index contributed by atoms with van der Waals surface area (Å²) in [5.74, 6) is 6.44. The zero-order valence-electron chi connectivity index (χ0n) is 14.1. The lowest BCUT2D eigenvalue weighted by Gasteiger charge is -2.12. The number of hydrogen-bond donors (Lipinski definition) is 1. The van der Waals surface area contributed by atoms with Crippen LogP contribution in [0.2, 0.25) is 5.02 Å². The van der Waals surface area contributed by atoms with E-state index in [1.165, 1.54) is 0 Å². The molecule has 5 nitrogen and oxygen atoms in total. The molecule has 3 aromatic carbocycles. The summed E-state index contributed by atoms with van der Waals surface area (Å²) >= 11 is 6.23. The molecule has 3 aromatic rings. The maximum atomic E-state index is 6.23. The van der Waals surface area contributed by atoms with Gasteiger partial charge in [0, 0.05) is 11.1 Å². The number of ether oxygens (including phenoxy) is 1. The summed E-state index contributed by atoms with van der Waals surface area (Å²) in [6.07, 6.45) is 0. The number of para-hydroxylation sites is 2. The van der Waals surface area contributed by atoms with Gasteiger partial charge in [0.1, 0.15) is 5.75 Å². The van der Waals surface area contributed by atoms with E-state index in [1.807, 2.05) is 60.7 Å². The molecule has 130 valence electrons. The Labute approximate surface area is 156 Å². The third-order valence-corrected chi connectivity index (χ3v) is 4.12. The van der Waals surface area contributed by atoms with Crippen molar-refractivity contribution in [1.82, 2.24) is 0 Å². The summed E-state index contributed by atoms with van der Waals surface area (Å²) in [5.41, 5.74) is 3.19. The molecule has 0 aromatic heterocycles. The molecule has 0 fully saturated rings. The Morgan fingerprint density at radius 3 is 2.27 bits per heavy atom. The summed E-state index contributed by atoms with van der Waals surface area (Å²) < 4.78 is 5.49. The van der Waals surface area contributed by atoms with E-state index in [4.69, 9.17) is 22.2 Å². The summed E-state index contributed by atoms with van der Waals surface area (Å²) in [4.78, 5) is 4.56. The Balaban J connectivity index is 2.20. The van der Waals surface area contributed by atoms with Gasteiger partial charge in [-0.1, -0.05) is 71.4 Å². The molecule has 0 saturated heterocycles. The number of aliphatic imine (C=N–C) groups is 1. The van der Waals surface area contributed by atoms with Gasteiger partial charge in [-0.05, 0) is 23.8 Å². The topological polar surface area (TPSA) is 72.3 Å². The number of amidine groups is 1. The van der Waals surface area contributed by atoms with E-state index in [9.17, 15) is 0 Å². The predicted octanol–water partition coefficient (Wildman–Crippen LogP) is 5.42. The van der Waals surface area contributed by atoms with Crippen molar-refractivity contribution in [3.05, 3.63) is 83.4 Å². The van der Waals surface area contributed by atoms with Gasteiger partial charge >= 0.3 is 0 Å². The van der Waals surface area contributed by atoms with Crippen LogP contribution < -0.4 is 10.6 Å². The Morgan fingerprint density at radius 1 is 0.885 bits per heavy atom. The molecule has 2 N–H and O–H groups in total. The normalized spacial score (nSPS) is 11.7. The van der Waals surface area contributed by atoms with Crippen LogP contribution in [0.15, 0.2) is 88.1 Å². The van der Waals surface area contributed by atoms with Gasteiger partial charge in [-0.15, -0.1) is 5.11 Å². The van der Waals surface area contributed by atoms with Crippen LogP contribution in [0.1, 0.15) is 5.56 Å². The van der Waals surface area contributed by atoms with Crippen molar-refractivity contribution in [2.24, 2.45) is 21.2 Å². The maximum absolute atomic E-state index is 6.23. The van der Waals surface area contributed by atoms with Crippen molar-refractivity contribution in [1.29, 1.82) is 0 Å². The minimum atomic E-state index is 0.363. The molecule has 0 aliphatic rings. The number of methoxy groups -OCH3 is 1. The lowest BCUT2D eigenvalue weighted by Crippen LogP contribution is -2.01. The van der Waals surface area contributed by atoms with Crippen LogP contribution in [0.5, 0.6) is 5.75 Å². The molecule has 3 rings (SSSR count). The average molecular weight is 365 g/mol. The summed E-state index contributed by atoms with van der Waals surface area (Å²) in [7, 11) is 1.64. The number of nitrogens with zero attached hydrogens (tertiary/aromatic N) is 3. The van der Waals surface area contributed by atoms with Gasteiger partial charge in [-0.25, -0.2) is 4.99 Å². The summed E-state index contributed by atoms with van der Waals surface area (Å²) in [6, 6.07) is 22.7. The maximum Gasteiger partial charge on any atom is 0.184 e. The van der Waals surface area contributed by atoms with Crippen molar-refractivity contribution in [2.45, 2.75) is 0 Å². The molecule has 0 amide bonds. The molecule has 0 spiro atoms. The van der Waals surface area contributed by atoms with E-state index < -0.39 is 0 Å². The lowest BCUT2D eigenvalue weighted by atomic mass is 9.98. The monoisotopic (exact) mass is 364 g/mol. The minimum Gasteiger partial charge on any atom is -0.496 e. The zero-order valence-corrected chi connectivity index (χ0v) is 14.9. The number of benzene rings is 3. The Bertz CT molecular complexity index is 969. The first-order valence-corrected chi connectivity index (χ1v) is 8.29. The quantitative estimate of drug-likeness (QED) is 0.221. The van der Waals surface area contributed by atoms with Crippen LogP contribution in [0.4, 0.5) is 5.69 Å². The van der Waals surface area contributed by atoms with Gasteiger partial charge in [0.25, 0.3) is 0 Å². The van der Waals surface area contributed by atoms with Gasteiger partial charge in [-0.3, -0.25) is 0 Å². The average Bonchev–Trinajstić information content (AvgIpc) is 2.69. The van der Waals surface area contributed by atoms with Crippen LogP contribution in [0, 0.1) is 0 Å². The molecule has 0 aliphatic carbocycles. The van der Waals surface area contributed by atoms with Gasteiger partial charge in [0.2, 0.25) is 0 Å². The Morgan fingerprint density at radius 2 is 1.54 bits per heavy atom. The second-order valence-corrected chi connectivity index (χ2v) is 5.76. The SMILES string of the molecule is COc1ccccc1-c1ccccc1C(N=NN)=Nc1ccccc1Cl. The fourth-order valence-corrected chi connectivity index (χ4v) is 2.81. The van der Waals surface area contributed by atoms with Crippen LogP contribution in [-0.4, -0.2) is 12.9 Å². The van der Waals surface area contributed by atoms with Gasteiger partial charge in [-0.2, -0.15) is 0 Å². The van der Waals surface area contributed by atoms with Crippen LogP contribution in [-0.2, 0) is 0 Å². The van der Waals surface area contributed by atoms with Gasteiger partial charge < -0.3 is 10.6 Å². The van der Waals surface area contributed by atoms with Gasteiger partial charge in [0.15, 0.2) is 5.84 Å². The largest absolute Gasteiger partial charge is 0.496 e. The summed E-state index contributed by atoms with van der Waals surface area (Å²) in [6.45, 7) is 0. The van der Waals surface area contributed by atoms with Crippen LogP contribution in [0.3, 0.4) is 0 Å². The van der Waals surface area contributed by atoms with E-state index in [-0.39, 0.29) is 0 Å². The first-order valence-electron chi connectivity index (χ1n) is 7.91. The van der Waals surface area contributed by atoms with Crippen molar-refractivity contribution < 1.29 is 4.74 Å². The third-order valence-electron chi connectivity index (χ3n) is 3.80. The standard InChI is InChI=1S/C20H17ClN4O/c1-26-19-13-7-4-9-15(19)14-8-2-3-10-16(14)20(24-25-22)23-18-12-6-5-11-17(18)21/h2-13H,1H3,(H2,22,23,24). The van der Waals surface area contributed by atoms with Crippen LogP contribution in [0.25, 0.3) is 11.1 Å². The van der Waals surface area contributed by atoms with E-state index >= 15 is 0 Å². The third kappa shape index (κ3) is 3.73. The fraction of sp³-hybridized carbons (Fsp3) is 0.0500. The van der Waals surface area contributed by atoms with E-state index in [0.717, 1.165) is 22.4 Å². The molecule has 0 radical (unpaired) electrons. The Kier molecular flexibility index (Phi) is 5.61. The smallest absolute Gasteiger partial charge is 0.184 e. The van der Waals surface area contributed by atoms with Crippen molar-refractivity contribution in [3.8, 4) is 16.9 Å². The molecule has 0 saturated carbocycles. The molecule has 0 unspecified atom stereocenters. The lowest BCUT2D eigenvalue weighted by molar-refractivity contribution is 0.416. The Hall–Kier alpha value is -3.18. The van der Waals surface area contributed by atoms with E-state index in [0.29, 0.717) is 16.5 Å². The number of hydrogen-bond acceptors (Lipinski definition) is 3. The number of nitrogens with two attached hydrogens (primary N) is 1. The molecule has 6 heteroatoms. The fourth-order valence-electron chi connectivity index (χ4n) is 2.63. The van der Waals surface area contributed by atoms with E-state index in [2.05, 4.69) is 15.3 Å². The van der Waals surface area contributed by atoms with Crippen molar-refractivity contribution >= 4 is 23.1 Å². The molecule has 26 heavy (non-hydrogen) atoms. The number of halogens is 1. The predicted molar refractivity (Wildman–Crippen MR) is 105 cm³/mol. The molecular formula is C20H17ClN4O. The molecular weight excluding hydrogens is 348 g/mol. The second kappa shape index (κ2) is 8.27. The first-order chi connectivity index (χ1) is 12.7. The van der Waals surface area contributed by atoms with Crippen molar-refractivity contribution in [3.63, 3.8) is 0 Å². The van der Waals surface area contributed by atoms with E-state index in [1.54, 1.807) is 19.2 Å². The van der Waals surface area contributed by atoms with Gasteiger partial charge in [0.05, 0.1) is 17.8 Å². The minimum absolute atomic E-state index is 0.363. The highest BCUT2D eigenvalue weighted by atomic mass is 35.5. The summed E-state index contributed by atoms with van der Waals surface area (Å²) in [5, 5.41) is 7.98. The van der Waals surface area contributed by atoms with Crippen LogP contribution >= 0.6 is 11.6 Å². The highest BCUT2D eigenvalue weighted by Gasteiger charge is 2.14. The first kappa shape index (κ1) is 17.6. The van der Waals surface area contributed by atoms with Crippen molar-refractivity contribution in [2.75, 3.05) is 7.11 Å². The highest BCUT2D eigenvalue weighted by Crippen LogP contribution is 2.33. The zero-order chi connectivity index (χ0) is 18.4. The molecule has 0 heterocycles. The molecule has 0 bridgehead atoms.